The summed E-state index contributed by atoms with van der Waals surface area (Å²) < 4.78 is 0. The van der Waals surface area contributed by atoms with Crippen LogP contribution in [0.25, 0.3) is 11.4 Å². The minimum atomic E-state index is -0.0744. The normalized spacial score (nSPS) is 10.3. The summed E-state index contributed by atoms with van der Waals surface area (Å²) >= 11 is 0. The maximum absolute atomic E-state index is 11.4. The van der Waals surface area contributed by atoms with Gasteiger partial charge in [-0.25, -0.2) is 9.97 Å². The van der Waals surface area contributed by atoms with Gasteiger partial charge in [0.15, 0.2) is 5.82 Å². The zero-order valence-corrected chi connectivity index (χ0v) is 8.69. The van der Waals surface area contributed by atoms with Gasteiger partial charge < -0.3 is 5.11 Å². The SMILES string of the molecule is Cc1nc(-c2ccccc2)nc(C)c1[O-]. The van der Waals surface area contributed by atoms with Crippen molar-refractivity contribution in [1.29, 1.82) is 0 Å². The molecule has 0 aliphatic carbocycles. The molecule has 0 unspecified atom stereocenters. The number of benzene rings is 1. The lowest BCUT2D eigenvalue weighted by molar-refractivity contribution is -0.271. The Morgan fingerprint density at radius 3 is 2.00 bits per heavy atom. The standard InChI is InChI=1S/C12H12N2O/c1-8-11(15)9(2)14-12(13-8)10-6-4-3-5-7-10/h3-7,15H,1-2H3/p-1. The van der Waals surface area contributed by atoms with Crippen LogP contribution in [0.5, 0.6) is 5.75 Å². The highest BCUT2D eigenvalue weighted by Crippen LogP contribution is 2.20. The lowest BCUT2D eigenvalue weighted by Gasteiger charge is -2.13. The molecule has 1 aromatic carbocycles. The first-order valence-electron chi connectivity index (χ1n) is 4.76. The maximum atomic E-state index is 11.4. The van der Waals surface area contributed by atoms with Crippen LogP contribution < -0.4 is 5.11 Å². The van der Waals surface area contributed by atoms with Crippen LogP contribution in [0.3, 0.4) is 0 Å². The van der Waals surface area contributed by atoms with E-state index in [-0.39, 0.29) is 5.75 Å². The van der Waals surface area contributed by atoms with Crippen molar-refractivity contribution in [2.75, 3.05) is 0 Å². The largest absolute Gasteiger partial charge is 0.870 e. The molecule has 0 spiro atoms. The number of aromatic nitrogens is 2. The van der Waals surface area contributed by atoms with Crippen molar-refractivity contribution in [2.24, 2.45) is 0 Å². The topological polar surface area (TPSA) is 48.8 Å². The average Bonchev–Trinajstić information content (AvgIpc) is 2.26. The van der Waals surface area contributed by atoms with Gasteiger partial charge >= 0.3 is 0 Å². The van der Waals surface area contributed by atoms with E-state index in [4.69, 9.17) is 0 Å². The molecule has 0 radical (unpaired) electrons. The van der Waals surface area contributed by atoms with Gasteiger partial charge in [-0.05, 0) is 13.8 Å². The molecule has 76 valence electrons. The molecular weight excluding hydrogens is 188 g/mol. The van der Waals surface area contributed by atoms with E-state index in [2.05, 4.69) is 9.97 Å². The van der Waals surface area contributed by atoms with Gasteiger partial charge in [-0.1, -0.05) is 36.1 Å². The van der Waals surface area contributed by atoms with E-state index in [0.717, 1.165) is 5.56 Å². The van der Waals surface area contributed by atoms with Crippen LogP contribution in [-0.2, 0) is 0 Å². The van der Waals surface area contributed by atoms with Crippen molar-refractivity contribution in [3.8, 4) is 17.1 Å². The molecule has 0 bridgehead atoms. The van der Waals surface area contributed by atoms with Crippen LogP contribution in [0.15, 0.2) is 30.3 Å². The Morgan fingerprint density at radius 1 is 0.933 bits per heavy atom. The molecule has 0 fully saturated rings. The Balaban J connectivity index is 2.56. The predicted molar refractivity (Wildman–Crippen MR) is 56.4 cm³/mol. The number of hydrogen-bond donors (Lipinski definition) is 0. The second-order valence-corrected chi connectivity index (χ2v) is 3.41. The van der Waals surface area contributed by atoms with Crippen molar-refractivity contribution >= 4 is 0 Å². The van der Waals surface area contributed by atoms with E-state index >= 15 is 0 Å². The molecule has 2 aromatic rings. The molecule has 0 aliphatic heterocycles. The Bertz CT molecular complexity index is 457. The van der Waals surface area contributed by atoms with E-state index in [1.807, 2.05) is 30.3 Å². The third-order valence-corrected chi connectivity index (χ3v) is 2.24. The van der Waals surface area contributed by atoms with Crippen LogP contribution in [0.1, 0.15) is 11.4 Å². The van der Waals surface area contributed by atoms with Gasteiger partial charge in [0.1, 0.15) is 0 Å². The predicted octanol–water partition coefficient (Wildman–Crippen LogP) is 1.83. The molecule has 0 saturated heterocycles. The van der Waals surface area contributed by atoms with Crippen molar-refractivity contribution < 1.29 is 5.11 Å². The Hall–Kier alpha value is -1.90. The number of rotatable bonds is 1. The van der Waals surface area contributed by atoms with Gasteiger partial charge in [-0.15, -0.1) is 0 Å². The molecular formula is C12H11N2O-. The zero-order valence-electron chi connectivity index (χ0n) is 8.69. The fourth-order valence-electron chi connectivity index (χ4n) is 1.42. The lowest BCUT2D eigenvalue weighted by Crippen LogP contribution is -2.03. The fourth-order valence-corrected chi connectivity index (χ4v) is 1.42. The van der Waals surface area contributed by atoms with E-state index in [1.165, 1.54) is 0 Å². The first-order chi connectivity index (χ1) is 7.18. The third-order valence-electron chi connectivity index (χ3n) is 2.24. The molecule has 1 aromatic heterocycles. The average molecular weight is 199 g/mol. The summed E-state index contributed by atoms with van der Waals surface area (Å²) in [7, 11) is 0. The van der Waals surface area contributed by atoms with Crippen molar-refractivity contribution in [3.05, 3.63) is 41.7 Å². The van der Waals surface area contributed by atoms with Crippen LogP contribution in [0.4, 0.5) is 0 Å². The molecule has 0 amide bonds. The van der Waals surface area contributed by atoms with Crippen LogP contribution in [-0.4, -0.2) is 9.97 Å². The van der Waals surface area contributed by atoms with Gasteiger partial charge in [-0.3, -0.25) is 0 Å². The van der Waals surface area contributed by atoms with Crippen LogP contribution in [0.2, 0.25) is 0 Å². The Labute approximate surface area is 88.5 Å². The highest BCUT2D eigenvalue weighted by atomic mass is 16.3. The Kier molecular flexibility index (Phi) is 2.37. The van der Waals surface area contributed by atoms with E-state index in [0.29, 0.717) is 17.2 Å². The molecule has 0 atom stereocenters. The second kappa shape index (κ2) is 3.69. The minimum Gasteiger partial charge on any atom is -0.870 e. The zero-order chi connectivity index (χ0) is 10.8. The van der Waals surface area contributed by atoms with Crippen LogP contribution >= 0.6 is 0 Å². The van der Waals surface area contributed by atoms with Crippen molar-refractivity contribution in [2.45, 2.75) is 13.8 Å². The van der Waals surface area contributed by atoms with Gasteiger partial charge in [0.2, 0.25) is 0 Å². The van der Waals surface area contributed by atoms with E-state index in [9.17, 15) is 5.11 Å². The van der Waals surface area contributed by atoms with E-state index in [1.54, 1.807) is 13.8 Å². The number of aryl methyl sites for hydroxylation is 2. The summed E-state index contributed by atoms with van der Waals surface area (Å²) in [5.74, 6) is 0.542. The van der Waals surface area contributed by atoms with Gasteiger partial charge in [0, 0.05) is 17.0 Å². The number of nitrogens with zero attached hydrogens (tertiary/aromatic N) is 2. The molecule has 15 heavy (non-hydrogen) atoms. The fraction of sp³-hybridized carbons (Fsp3) is 0.167. The van der Waals surface area contributed by atoms with Gasteiger partial charge in [0.05, 0.1) is 0 Å². The summed E-state index contributed by atoms with van der Waals surface area (Å²) in [6.45, 7) is 3.42. The summed E-state index contributed by atoms with van der Waals surface area (Å²) in [4.78, 5) is 8.36. The molecule has 2 rings (SSSR count). The quantitative estimate of drug-likeness (QED) is 0.704. The van der Waals surface area contributed by atoms with Crippen molar-refractivity contribution in [3.63, 3.8) is 0 Å². The highest BCUT2D eigenvalue weighted by Gasteiger charge is 2.03. The summed E-state index contributed by atoms with van der Waals surface area (Å²) in [6.07, 6.45) is 0. The second-order valence-electron chi connectivity index (χ2n) is 3.41. The summed E-state index contributed by atoms with van der Waals surface area (Å²) in [5.41, 5.74) is 1.94. The highest BCUT2D eigenvalue weighted by molar-refractivity contribution is 5.55. The first-order valence-corrected chi connectivity index (χ1v) is 4.76. The van der Waals surface area contributed by atoms with Gasteiger partial charge in [-0.2, -0.15) is 0 Å². The lowest BCUT2D eigenvalue weighted by atomic mass is 10.2. The molecule has 0 aliphatic rings. The summed E-state index contributed by atoms with van der Waals surface area (Å²) in [5, 5.41) is 11.4. The molecule has 0 N–H and O–H groups in total. The monoisotopic (exact) mass is 199 g/mol. The number of hydrogen-bond acceptors (Lipinski definition) is 3. The molecule has 0 saturated carbocycles. The molecule has 3 nitrogen and oxygen atoms in total. The molecule has 3 heteroatoms. The smallest absolute Gasteiger partial charge is 0.159 e. The minimum absolute atomic E-state index is 0.0744. The Morgan fingerprint density at radius 2 is 1.47 bits per heavy atom. The first kappa shape index (κ1) is 9.65. The van der Waals surface area contributed by atoms with E-state index < -0.39 is 0 Å². The van der Waals surface area contributed by atoms with Crippen LogP contribution in [0, 0.1) is 13.8 Å². The third kappa shape index (κ3) is 1.81. The van der Waals surface area contributed by atoms with Gasteiger partial charge in [0.25, 0.3) is 0 Å². The van der Waals surface area contributed by atoms with Crippen molar-refractivity contribution in [1.82, 2.24) is 9.97 Å². The molecule has 1 heterocycles. The maximum Gasteiger partial charge on any atom is 0.159 e. The summed E-state index contributed by atoms with van der Waals surface area (Å²) in [6, 6.07) is 9.64.